The molecule has 0 N–H and O–H groups in total. The fourth-order valence-electron chi connectivity index (χ4n) is 22.0. The van der Waals surface area contributed by atoms with Gasteiger partial charge in [-0.3, -0.25) is 0 Å². The number of rotatable bonds is 6. The molecule has 9 heterocycles. The van der Waals surface area contributed by atoms with E-state index in [1.165, 1.54) is 233 Å². The molecule has 0 spiro atoms. The summed E-state index contributed by atoms with van der Waals surface area (Å²) in [5.41, 5.74) is 30.7. The third-order valence-electron chi connectivity index (χ3n) is 27.9. The van der Waals surface area contributed by atoms with E-state index in [-0.39, 0.29) is 0 Å². The normalized spacial score (nSPS) is 12.0. The van der Waals surface area contributed by atoms with Crippen molar-refractivity contribution in [3.63, 3.8) is 0 Å². The van der Waals surface area contributed by atoms with Gasteiger partial charge in [0, 0.05) is 123 Å². The van der Waals surface area contributed by atoms with Crippen molar-refractivity contribution in [1.82, 2.24) is 26.9 Å². The lowest BCUT2D eigenvalue weighted by Crippen LogP contribution is -1.93. The Morgan fingerprint density at radius 1 is 0.141 bits per heavy atom. The molecule has 9 heteroatoms. The largest absolute Gasteiger partial charge is 0.455 e. The summed E-state index contributed by atoms with van der Waals surface area (Å²) in [6.45, 7) is 0. The van der Waals surface area contributed by atoms with Gasteiger partial charge in [-0.25, -0.2) is 0 Å². The van der Waals surface area contributed by atoms with Crippen molar-refractivity contribution >= 4 is 232 Å². The van der Waals surface area contributed by atoms with Crippen molar-refractivity contribution in [3.05, 3.63) is 473 Å². The maximum absolute atomic E-state index is 6.57. The van der Waals surface area contributed by atoms with Gasteiger partial charge in [0.15, 0.2) is 5.58 Å². The van der Waals surface area contributed by atoms with Crippen LogP contribution in [-0.4, -0.2) is 26.9 Å². The number of fused-ring (bicyclic) bond motifs is 30. The Balaban J connectivity index is 0.000000101. The lowest BCUT2D eigenvalue weighted by molar-refractivity contribution is 0.661. The summed E-state index contributed by atoms with van der Waals surface area (Å²) in [5, 5.41) is 22.6. The van der Waals surface area contributed by atoms with E-state index in [9.17, 15) is 0 Å². The quantitative estimate of drug-likeness (QED) is 0.164. The smallest absolute Gasteiger partial charge is 0.151 e. The zero-order chi connectivity index (χ0) is 88.5. The van der Waals surface area contributed by atoms with Crippen molar-refractivity contribution < 1.29 is 4.42 Å². The average molecular weight is 1760 g/mol. The summed E-state index contributed by atoms with van der Waals surface area (Å²) in [5.74, 6) is 0. The first-order chi connectivity index (χ1) is 67.0. The third kappa shape index (κ3) is 12.0. The van der Waals surface area contributed by atoms with Crippen molar-refractivity contribution in [2.75, 3.05) is 0 Å². The number of aromatic nitrogens is 6. The molecular weight excluding hydrogens is 1680 g/mol. The van der Waals surface area contributed by atoms with Gasteiger partial charge < -0.3 is 31.3 Å². The van der Waals surface area contributed by atoms with Crippen molar-refractivity contribution in [2.45, 2.75) is 0 Å². The van der Waals surface area contributed by atoms with Gasteiger partial charge in [0.25, 0.3) is 0 Å². The Morgan fingerprint density at radius 2 is 0.393 bits per heavy atom. The molecule has 0 atom stereocenters. The van der Waals surface area contributed by atoms with Crippen LogP contribution in [0.4, 0.5) is 0 Å². The highest BCUT2D eigenvalue weighted by molar-refractivity contribution is 7.24. The van der Waals surface area contributed by atoms with Gasteiger partial charge in [-0.1, -0.05) is 303 Å². The molecule has 0 radical (unpaired) electrons. The molecule has 135 heavy (non-hydrogen) atoms. The fraction of sp³-hybridized carbons (Fsp3) is 0. The van der Waals surface area contributed by atoms with Gasteiger partial charge >= 0.3 is 0 Å². The first kappa shape index (κ1) is 76.5. The standard InChI is InChI=1S/C42H26N2O.2C42H26N2S/c2*1-2-11-29(12-3-1)43-36-17-6-4-13-30(36)31-23-21-28(26-39(31)43)27-22-24-37-35(25-27)34-16-10-15-33-32-14-5-8-19-40(32)45-41-20-9-7-18-38(41)44(37)42(33)34;1-2-11-29(12-3-1)43-36-17-6-4-13-30(36)34-25-27(21-23-37(34)43)28-22-24-38-35(26-28)33-16-10-15-32-31-14-5-8-19-40(31)45-41-20-9-7-18-39(41)44(38)42(32)33/h3*1-26H. The topological polar surface area (TPSA) is 41.2 Å². The van der Waals surface area contributed by atoms with Crippen LogP contribution in [0.5, 0.6) is 0 Å². The second-order valence-corrected chi connectivity index (χ2v) is 37.4. The lowest BCUT2D eigenvalue weighted by Gasteiger charge is -2.09. The minimum atomic E-state index is 0.849. The second kappa shape index (κ2) is 30.6. The zero-order valence-corrected chi connectivity index (χ0v) is 74.6. The molecule has 630 valence electrons. The predicted molar refractivity (Wildman–Crippen MR) is 576 cm³/mol. The first-order valence-electron chi connectivity index (χ1n) is 46.1. The molecule has 30 rings (SSSR count). The van der Waals surface area contributed by atoms with E-state index in [0.717, 1.165) is 27.6 Å². The van der Waals surface area contributed by atoms with Crippen molar-refractivity contribution in [2.24, 2.45) is 0 Å². The molecule has 9 aromatic heterocycles. The van der Waals surface area contributed by atoms with Crippen molar-refractivity contribution in [3.8, 4) is 50.4 Å². The summed E-state index contributed by atoms with van der Waals surface area (Å²) in [7, 11) is 0. The first-order valence-corrected chi connectivity index (χ1v) is 47.7. The van der Waals surface area contributed by atoms with Gasteiger partial charge in [0.1, 0.15) is 5.58 Å². The maximum atomic E-state index is 6.57. The average Bonchev–Trinajstić information content (AvgIpc) is 1.57. The molecule has 7 nitrogen and oxygen atoms in total. The Labute approximate surface area is 781 Å². The predicted octanol–water partition coefficient (Wildman–Crippen LogP) is 35.4. The Morgan fingerprint density at radius 3 is 0.807 bits per heavy atom. The molecule has 0 amide bonds. The van der Waals surface area contributed by atoms with E-state index in [1.54, 1.807) is 0 Å². The van der Waals surface area contributed by atoms with Crippen LogP contribution < -0.4 is 0 Å². The van der Waals surface area contributed by atoms with Crippen LogP contribution in [-0.2, 0) is 0 Å². The fourth-order valence-corrected chi connectivity index (χ4v) is 24.2. The van der Waals surface area contributed by atoms with E-state index in [4.69, 9.17) is 4.42 Å². The molecule has 21 aromatic carbocycles. The molecule has 0 unspecified atom stereocenters. The van der Waals surface area contributed by atoms with Gasteiger partial charge in [0.05, 0.1) is 92.2 Å². The molecule has 0 bridgehead atoms. The third-order valence-corrected chi connectivity index (χ3v) is 30.2. The number of benzene rings is 21. The zero-order valence-electron chi connectivity index (χ0n) is 72.9. The van der Waals surface area contributed by atoms with E-state index in [2.05, 4.69) is 488 Å². The molecule has 30 aromatic rings. The van der Waals surface area contributed by atoms with E-state index in [1.807, 2.05) is 34.8 Å². The second-order valence-electron chi connectivity index (χ2n) is 35.3. The van der Waals surface area contributed by atoms with Gasteiger partial charge in [-0.05, 0) is 203 Å². The molecule has 0 aliphatic carbocycles. The molecule has 0 fully saturated rings. The summed E-state index contributed by atoms with van der Waals surface area (Å²) in [4.78, 5) is 0. The number of hydrogen-bond donors (Lipinski definition) is 0. The molecule has 0 saturated heterocycles. The minimum absolute atomic E-state index is 0.849. The van der Waals surface area contributed by atoms with Gasteiger partial charge in [-0.2, -0.15) is 0 Å². The van der Waals surface area contributed by atoms with Crippen LogP contribution >= 0.6 is 22.7 Å². The number of nitrogens with zero attached hydrogens (tertiary/aromatic N) is 6. The molecule has 0 aliphatic rings. The van der Waals surface area contributed by atoms with Crippen LogP contribution in [0.25, 0.3) is 260 Å². The molecular formula is C126H78N6OS2. The Bertz CT molecular complexity index is 9900. The van der Waals surface area contributed by atoms with Crippen LogP contribution in [0.15, 0.2) is 478 Å². The molecule has 0 saturated carbocycles. The number of para-hydroxylation sites is 14. The van der Waals surface area contributed by atoms with Gasteiger partial charge in [-0.15, -0.1) is 22.7 Å². The van der Waals surface area contributed by atoms with E-state index < -0.39 is 0 Å². The van der Waals surface area contributed by atoms with Crippen LogP contribution in [0, 0.1) is 0 Å². The van der Waals surface area contributed by atoms with Crippen LogP contribution in [0.1, 0.15) is 0 Å². The minimum Gasteiger partial charge on any atom is -0.455 e. The highest BCUT2D eigenvalue weighted by atomic mass is 32.1. The van der Waals surface area contributed by atoms with Crippen LogP contribution in [0.3, 0.4) is 0 Å². The Kier molecular flexibility index (Phi) is 17.4. The summed E-state index contributed by atoms with van der Waals surface area (Å²) in [6.07, 6.45) is 0. The highest BCUT2D eigenvalue weighted by Crippen LogP contribution is 2.47. The van der Waals surface area contributed by atoms with E-state index in [0.29, 0.717) is 0 Å². The SMILES string of the molecule is c1ccc(-n2c3ccccc3c3cc(-c4ccc5c(c4)c4cccc6c7ccccc7sc7ccccc7n5c64)ccc32)cc1.c1ccc(-n2c3ccccc3c3ccc(-c4ccc5c(c4)c4cccc6c7ccccc7oc7ccccc7n5c64)cc32)cc1.c1ccc(-n2c3ccccc3c3ccc(-c4ccc5c(c4)c4cccc6c7ccccc7sc7ccccc7n5c64)cc32)cc1. The summed E-state index contributed by atoms with van der Waals surface area (Å²) >= 11 is 3.71. The lowest BCUT2D eigenvalue weighted by atomic mass is 10.00. The number of hydrogen-bond acceptors (Lipinski definition) is 3. The molecule has 0 aliphatic heterocycles. The summed E-state index contributed by atoms with van der Waals surface area (Å²) in [6, 6.07) is 172. The van der Waals surface area contributed by atoms with Crippen molar-refractivity contribution in [1.29, 1.82) is 0 Å². The monoisotopic (exact) mass is 1750 g/mol. The highest BCUT2D eigenvalue weighted by Gasteiger charge is 2.24. The van der Waals surface area contributed by atoms with E-state index >= 15 is 0 Å². The Hall–Kier alpha value is -17.3. The van der Waals surface area contributed by atoms with Crippen LogP contribution in [0.2, 0.25) is 0 Å². The maximum Gasteiger partial charge on any atom is 0.151 e. The summed E-state index contributed by atoms with van der Waals surface area (Å²) < 4.78 is 26.2. The van der Waals surface area contributed by atoms with Gasteiger partial charge in [0.2, 0.25) is 0 Å².